The third-order valence-electron chi connectivity index (χ3n) is 4.81. The molecule has 0 spiro atoms. The fourth-order valence-electron chi connectivity index (χ4n) is 3.06. The molecule has 0 bridgehead atoms. The molecule has 0 saturated carbocycles. The van der Waals surface area contributed by atoms with Gasteiger partial charge in [-0.25, -0.2) is 0 Å². The summed E-state index contributed by atoms with van der Waals surface area (Å²) in [5.74, 6) is 0.310. The lowest BCUT2D eigenvalue weighted by Gasteiger charge is -2.29. The maximum atomic E-state index is 13.0. The molecule has 4 heteroatoms. The van der Waals surface area contributed by atoms with Gasteiger partial charge in [0.25, 0.3) is 0 Å². The van der Waals surface area contributed by atoms with E-state index in [2.05, 4.69) is 31.3 Å². The fraction of sp³-hybridized carbons (Fsp3) is 0.417. The Hall–Kier alpha value is -2.62. The number of carbonyl (C=O) groups excluding carboxylic acids is 2. The third-order valence-corrected chi connectivity index (χ3v) is 4.81. The topological polar surface area (TPSA) is 49.4 Å². The molecule has 4 nitrogen and oxygen atoms in total. The lowest BCUT2D eigenvalue weighted by Crippen LogP contribution is -2.49. The molecule has 1 N–H and O–H groups in total. The summed E-state index contributed by atoms with van der Waals surface area (Å²) in [4.78, 5) is 27.3. The molecule has 2 amide bonds. The quantitative estimate of drug-likeness (QED) is 0.681. The molecular weight excluding hydrogens is 348 g/mol. The van der Waals surface area contributed by atoms with Crippen molar-refractivity contribution in [3.8, 4) is 0 Å². The van der Waals surface area contributed by atoms with E-state index in [0.717, 1.165) is 17.5 Å². The van der Waals surface area contributed by atoms with Gasteiger partial charge in [0.15, 0.2) is 0 Å². The van der Waals surface area contributed by atoms with Crippen LogP contribution in [0.4, 0.5) is 0 Å². The largest absolute Gasteiger partial charge is 0.354 e. The number of nitrogens with zero attached hydrogens (tertiary/aromatic N) is 1. The highest BCUT2D eigenvalue weighted by Gasteiger charge is 2.25. The summed E-state index contributed by atoms with van der Waals surface area (Å²) in [6.07, 6.45) is 1.82. The monoisotopic (exact) mass is 380 g/mol. The van der Waals surface area contributed by atoms with Crippen LogP contribution in [0.15, 0.2) is 60.7 Å². The van der Waals surface area contributed by atoms with Crippen molar-refractivity contribution in [3.05, 3.63) is 71.8 Å². The fourth-order valence-corrected chi connectivity index (χ4v) is 3.06. The summed E-state index contributed by atoms with van der Waals surface area (Å²) in [6, 6.07) is 19.6. The number of aryl methyl sites for hydroxylation is 1. The Morgan fingerprint density at radius 1 is 0.857 bits per heavy atom. The highest BCUT2D eigenvalue weighted by molar-refractivity contribution is 5.87. The minimum Gasteiger partial charge on any atom is -0.354 e. The van der Waals surface area contributed by atoms with Crippen LogP contribution in [-0.4, -0.2) is 35.8 Å². The lowest BCUT2D eigenvalue weighted by atomic mass is 10.1. The van der Waals surface area contributed by atoms with Crippen LogP contribution >= 0.6 is 0 Å². The van der Waals surface area contributed by atoms with E-state index in [-0.39, 0.29) is 11.8 Å². The molecule has 0 saturated heterocycles. The molecule has 0 radical (unpaired) electrons. The molecule has 2 rings (SSSR count). The van der Waals surface area contributed by atoms with E-state index in [4.69, 9.17) is 0 Å². The predicted octanol–water partition coefficient (Wildman–Crippen LogP) is 3.85. The average molecular weight is 381 g/mol. The average Bonchev–Trinajstić information content (AvgIpc) is 2.72. The maximum Gasteiger partial charge on any atom is 0.242 e. The first-order valence-electron chi connectivity index (χ1n) is 10.1. The Morgan fingerprint density at radius 3 is 1.93 bits per heavy atom. The van der Waals surface area contributed by atoms with E-state index in [0.29, 0.717) is 31.8 Å². The zero-order valence-electron chi connectivity index (χ0n) is 17.2. The van der Waals surface area contributed by atoms with E-state index in [1.807, 2.05) is 55.5 Å². The van der Waals surface area contributed by atoms with Crippen molar-refractivity contribution in [3.63, 3.8) is 0 Å². The Bertz CT molecular complexity index is 729. The van der Waals surface area contributed by atoms with Gasteiger partial charge in [-0.3, -0.25) is 9.59 Å². The second kappa shape index (κ2) is 11.3. The van der Waals surface area contributed by atoms with Gasteiger partial charge in [0.05, 0.1) is 0 Å². The molecule has 0 fully saturated rings. The van der Waals surface area contributed by atoms with Gasteiger partial charge in [0.2, 0.25) is 11.8 Å². The molecule has 0 aliphatic rings. The smallest absolute Gasteiger partial charge is 0.242 e. The second-order valence-corrected chi connectivity index (χ2v) is 7.62. The summed E-state index contributed by atoms with van der Waals surface area (Å²) in [7, 11) is 0. The van der Waals surface area contributed by atoms with E-state index >= 15 is 0 Å². The van der Waals surface area contributed by atoms with Crippen LogP contribution in [0.25, 0.3) is 0 Å². The van der Waals surface area contributed by atoms with Gasteiger partial charge in [-0.05, 0) is 36.8 Å². The number of hydrogen-bond acceptors (Lipinski definition) is 2. The lowest BCUT2D eigenvalue weighted by molar-refractivity contribution is -0.139. The van der Waals surface area contributed by atoms with Crippen molar-refractivity contribution in [2.45, 2.75) is 46.1 Å². The zero-order valence-corrected chi connectivity index (χ0v) is 17.2. The molecule has 2 aromatic rings. The summed E-state index contributed by atoms with van der Waals surface area (Å²) < 4.78 is 0. The first kappa shape index (κ1) is 21.7. The third kappa shape index (κ3) is 7.18. The number of benzene rings is 2. The Labute approximate surface area is 169 Å². The Kier molecular flexibility index (Phi) is 8.73. The number of carbonyl (C=O) groups is 2. The molecule has 1 atom stereocenters. The first-order valence-corrected chi connectivity index (χ1v) is 10.1. The first-order chi connectivity index (χ1) is 13.5. The van der Waals surface area contributed by atoms with E-state index in [9.17, 15) is 9.59 Å². The molecule has 150 valence electrons. The molecule has 0 unspecified atom stereocenters. The van der Waals surface area contributed by atoms with Gasteiger partial charge in [0.1, 0.15) is 6.04 Å². The Balaban J connectivity index is 2.03. The predicted molar refractivity (Wildman–Crippen MR) is 114 cm³/mol. The highest BCUT2D eigenvalue weighted by Crippen LogP contribution is 2.10. The van der Waals surface area contributed by atoms with Crippen LogP contribution in [0.2, 0.25) is 0 Å². The van der Waals surface area contributed by atoms with Gasteiger partial charge in [-0.1, -0.05) is 74.5 Å². The van der Waals surface area contributed by atoms with E-state index in [1.54, 1.807) is 4.90 Å². The maximum absolute atomic E-state index is 13.0. The summed E-state index contributed by atoms with van der Waals surface area (Å²) in [5.41, 5.74) is 2.30. The Morgan fingerprint density at radius 2 is 1.39 bits per heavy atom. The molecular formula is C24H32N2O2. The van der Waals surface area contributed by atoms with Crippen LogP contribution in [0.3, 0.4) is 0 Å². The van der Waals surface area contributed by atoms with E-state index in [1.165, 1.54) is 0 Å². The number of amides is 2. The number of rotatable bonds is 10. The summed E-state index contributed by atoms with van der Waals surface area (Å²) in [5, 5.41) is 2.96. The highest BCUT2D eigenvalue weighted by atomic mass is 16.2. The van der Waals surface area contributed by atoms with Crippen LogP contribution in [0.5, 0.6) is 0 Å². The van der Waals surface area contributed by atoms with Crippen LogP contribution in [0.1, 0.15) is 38.3 Å². The SMILES string of the molecule is CC(C)CNC(=O)[C@@H](C)N(CCc1ccccc1)C(=O)CCc1ccccc1. The molecule has 0 aliphatic carbocycles. The minimum absolute atomic E-state index is 0.0204. The summed E-state index contributed by atoms with van der Waals surface area (Å²) in [6.45, 7) is 7.09. The number of hydrogen-bond donors (Lipinski definition) is 1. The zero-order chi connectivity index (χ0) is 20.4. The standard InChI is InChI=1S/C24H32N2O2/c1-19(2)18-25-24(28)20(3)26(17-16-22-12-8-5-9-13-22)23(27)15-14-21-10-6-4-7-11-21/h4-13,19-20H,14-18H2,1-3H3,(H,25,28)/t20-/m1/s1. The minimum atomic E-state index is -0.481. The van der Waals surface area contributed by atoms with Crippen molar-refractivity contribution in [1.29, 1.82) is 0 Å². The van der Waals surface area contributed by atoms with Crippen molar-refractivity contribution in [1.82, 2.24) is 10.2 Å². The van der Waals surface area contributed by atoms with Crippen molar-refractivity contribution in [2.75, 3.05) is 13.1 Å². The van der Waals surface area contributed by atoms with Crippen molar-refractivity contribution in [2.24, 2.45) is 5.92 Å². The molecule has 0 aliphatic heterocycles. The van der Waals surface area contributed by atoms with Gasteiger partial charge < -0.3 is 10.2 Å². The molecule has 0 aromatic heterocycles. The van der Waals surface area contributed by atoms with Gasteiger partial charge in [-0.2, -0.15) is 0 Å². The van der Waals surface area contributed by atoms with Gasteiger partial charge >= 0.3 is 0 Å². The van der Waals surface area contributed by atoms with Crippen LogP contribution in [-0.2, 0) is 22.4 Å². The number of nitrogens with one attached hydrogen (secondary N) is 1. The molecule has 0 heterocycles. The second-order valence-electron chi connectivity index (χ2n) is 7.62. The molecule has 2 aromatic carbocycles. The van der Waals surface area contributed by atoms with Gasteiger partial charge in [-0.15, -0.1) is 0 Å². The van der Waals surface area contributed by atoms with Gasteiger partial charge in [0, 0.05) is 19.5 Å². The normalized spacial score (nSPS) is 11.9. The van der Waals surface area contributed by atoms with Crippen molar-refractivity contribution < 1.29 is 9.59 Å². The van der Waals surface area contributed by atoms with Crippen molar-refractivity contribution >= 4 is 11.8 Å². The van der Waals surface area contributed by atoms with E-state index < -0.39 is 6.04 Å². The summed E-state index contributed by atoms with van der Waals surface area (Å²) >= 11 is 0. The van der Waals surface area contributed by atoms with Crippen LogP contribution < -0.4 is 5.32 Å². The van der Waals surface area contributed by atoms with Crippen LogP contribution in [0, 0.1) is 5.92 Å². The molecule has 28 heavy (non-hydrogen) atoms.